The normalized spacial score (nSPS) is 15.0. The third-order valence-electron chi connectivity index (χ3n) is 6.06. The van der Waals surface area contributed by atoms with Crippen LogP contribution in [0.15, 0.2) is 0 Å². The molecule has 0 radical (unpaired) electrons. The zero-order chi connectivity index (χ0) is 22.4. The van der Waals surface area contributed by atoms with Crippen LogP contribution in [-0.2, 0) is 23.3 Å². The molecule has 6 nitrogen and oxygen atoms in total. The summed E-state index contributed by atoms with van der Waals surface area (Å²) in [6.07, 6.45) is 1.77. The lowest BCUT2D eigenvalue weighted by Crippen LogP contribution is -2.55. The zero-order valence-corrected chi connectivity index (χ0v) is 22.4. The number of ether oxygens (including phenoxy) is 2. The Kier molecular flexibility index (Phi) is 10.6. The van der Waals surface area contributed by atoms with Gasteiger partial charge in [0, 0.05) is 13.7 Å². The van der Waals surface area contributed by atoms with E-state index in [1.54, 1.807) is 12.3 Å². The van der Waals surface area contributed by atoms with Crippen molar-refractivity contribution in [1.82, 2.24) is 5.23 Å². The van der Waals surface area contributed by atoms with Crippen LogP contribution in [0.2, 0.25) is 36.3 Å². The van der Waals surface area contributed by atoms with Gasteiger partial charge in [0.15, 0.2) is 0 Å². The molecule has 0 saturated carbocycles. The Labute approximate surface area is 175 Å². The van der Waals surface area contributed by atoms with Gasteiger partial charge in [0.2, 0.25) is 16.6 Å². The van der Waals surface area contributed by atoms with Gasteiger partial charge in [-0.1, -0.05) is 46.8 Å². The Bertz CT molecular complexity index is 456. The van der Waals surface area contributed by atoms with Crippen LogP contribution in [-0.4, -0.2) is 54.7 Å². The summed E-state index contributed by atoms with van der Waals surface area (Å²) in [4.78, 5) is 12.1. The minimum atomic E-state index is -2.16. The highest BCUT2D eigenvalue weighted by Crippen LogP contribution is 2.41. The summed E-state index contributed by atoms with van der Waals surface area (Å²) < 4.78 is 23.4. The van der Waals surface area contributed by atoms with E-state index in [4.69, 9.17) is 18.5 Å². The van der Waals surface area contributed by atoms with Gasteiger partial charge in [0.25, 0.3) is 0 Å². The quantitative estimate of drug-likeness (QED) is 0.184. The molecule has 0 aliphatic carbocycles. The minimum Gasteiger partial charge on any atom is -0.469 e. The van der Waals surface area contributed by atoms with E-state index in [2.05, 4.69) is 67.7 Å². The predicted octanol–water partition coefficient (Wildman–Crippen LogP) is 5.52. The van der Waals surface area contributed by atoms with E-state index in [0.29, 0.717) is 6.61 Å². The highest BCUT2D eigenvalue weighted by molar-refractivity contribution is 6.74. The summed E-state index contributed by atoms with van der Waals surface area (Å²) >= 11 is 0. The average Bonchev–Trinajstić information content (AvgIpc) is 2.50. The zero-order valence-electron chi connectivity index (χ0n) is 20.4. The van der Waals surface area contributed by atoms with Gasteiger partial charge in [-0.2, -0.15) is 0 Å². The maximum absolute atomic E-state index is 12.1. The molecule has 0 aliphatic heterocycles. The number of carbonyl (C=O) groups excluding carboxylic acids is 1. The van der Waals surface area contributed by atoms with Gasteiger partial charge in [-0.15, -0.1) is 0 Å². The van der Waals surface area contributed by atoms with Crippen LogP contribution in [0.1, 0.15) is 60.8 Å². The molecular weight excluding hydrogens is 390 g/mol. The molecule has 0 heterocycles. The van der Waals surface area contributed by atoms with E-state index in [9.17, 15) is 4.79 Å². The fraction of sp³-hybridized carbons (Fsp3) is 0.950. The number of esters is 1. The largest absolute Gasteiger partial charge is 0.469 e. The molecule has 0 aromatic carbocycles. The average molecular weight is 436 g/mol. The summed E-state index contributed by atoms with van der Waals surface area (Å²) in [6.45, 7) is 22.6. The lowest BCUT2D eigenvalue weighted by molar-refractivity contribution is -0.303. The first-order chi connectivity index (χ1) is 12.5. The number of carbonyl (C=O) groups is 1. The first-order valence-corrected chi connectivity index (χ1v) is 16.0. The molecule has 1 atom stereocenters. The fourth-order valence-electron chi connectivity index (χ4n) is 1.91. The first kappa shape index (κ1) is 27.7. The molecule has 0 aromatic heterocycles. The van der Waals surface area contributed by atoms with E-state index < -0.39 is 16.6 Å². The Hall–Kier alpha value is -0.256. The number of methoxy groups -OCH3 is 2. The number of hydroxylamine groups is 2. The van der Waals surface area contributed by atoms with Crippen LogP contribution in [0.4, 0.5) is 0 Å². The van der Waals surface area contributed by atoms with Crippen LogP contribution in [0.25, 0.3) is 0 Å². The standard InChI is InChI=1S/C20H45NO5Si2/c1-19(2,3)27(9,10)25-21(26-28(11,12)20(4,5)6)17(14-13-15-23-7)16-18(22)24-8/h17H,13-16H2,1-12H3/t17-/m1/s1. The van der Waals surface area contributed by atoms with Crippen molar-refractivity contribution in [2.75, 3.05) is 20.8 Å². The van der Waals surface area contributed by atoms with Crippen molar-refractivity contribution >= 4 is 22.6 Å². The fourth-order valence-corrected chi connectivity index (χ4v) is 3.81. The molecule has 28 heavy (non-hydrogen) atoms. The molecule has 0 spiro atoms. The molecule has 168 valence electrons. The van der Waals surface area contributed by atoms with E-state index in [1.807, 2.05) is 0 Å². The minimum absolute atomic E-state index is 0.0182. The van der Waals surface area contributed by atoms with Crippen LogP contribution in [0.3, 0.4) is 0 Å². The second-order valence-electron chi connectivity index (χ2n) is 10.6. The molecule has 0 unspecified atom stereocenters. The lowest BCUT2D eigenvalue weighted by Gasteiger charge is -2.46. The van der Waals surface area contributed by atoms with E-state index in [0.717, 1.165) is 12.8 Å². The first-order valence-electron chi connectivity index (χ1n) is 10.2. The van der Waals surface area contributed by atoms with Gasteiger partial charge in [-0.25, -0.2) is 0 Å². The third-order valence-corrected chi connectivity index (χ3v) is 14.6. The topological polar surface area (TPSA) is 57.2 Å². The Morgan fingerprint density at radius 2 is 1.32 bits per heavy atom. The number of hydrogen-bond acceptors (Lipinski definition) is 6. The number of hydrogen-bond donors (Lipinski definition) is 0. The molecule has 0 aromatic rings. The van der Waals surface area contributed by atoms with Crippen molar-refractivity contribution < 1.29 is 23.3 Å². The predicted molar refractivity (Wildman–Crippen MR) is 120 cm³/mol. The summed E-state index contributed by atoms with van der Waals surface area (Å²) in [7, 11) is -1.21. The summed E-state index contributed by atoms with van der Waals surface area (Å²) in [5.41, 5.74) is 0. The maximum Gasteiger partial charge on any atom is 0.307 e. The van der Waals surface area contributed by atoms with Crippen molar-refractivity contribution in [1.29, 1.82) is 0 Å². The van der Waals surface area contributed by atoms with Gasteiger partial charge in [-0.05, 0) is 49.1 Å². The molecule has 0 saturated heterocycles. The van der Waals surface area contributed by atoms with Gasteiger partial charge in [-0.3, -0.25) is 4.79 Å². The van der Waals surface area contributed by atoms with Crippen molar-refractivity contribution in [3.8, 4) is 0 Å². The molecule has 0 N–H and O–H groups in total. The smallest absolute Gasteiger partial charge is 0.307 e. The van der Waals surface area contributed by atoms with Gasteiger partial charge < -0.3 is 18.5 Å². The van der Waals surface area contributed by atoms with Crippen LogP contribution >= 0.6 is 0 Å². The highest BCUT2D eigenvalue weighted by atomic mass is 28.4. The maximum atomic E-state index is 12.1. The molecule has 0 amide bonds. The molecule has 0 rings (SSSR count). The number of rotatable bonds is 11. The Morgan fingerprint density at radius 1 is 0.893 bits per heavy atom. The number of nitrogens with zero attached hydrogens (tertiary/aromatic N) is 1. The molecule has 0 bridgehead atoms. The van der Waals surface area contributed by atoms with Gasteiger partial charge >= 0.3 is 5.97 Å². The van der Waals surface area contributed by atoms with E-state index in [1.165, 1.54) is 7.11 Å². The molecule has 0 aliphatic rings. The van der Waals surface area contributed by atoms with Crippen LogP contribution < -0.4 is 0 Å². The van der Waals surface area contributed by atoms with Gasteiger partial charge in [0.1, 0.15) is 0 Å². The van der Waals surface area contributed by atoms with Gasteiger partial charge in [0.05, 0.1) is 19.6 Å². The van der Waals surface area contributed by atoms with Crippen LogP contribution in [0, 0.1) is 0 Å². The lowest BCUT2D eigenvalue weighted by atomic mass is 10.1. The second kappa shape index (κ2) is 10.7. The SMILES string of the molecule is COCCC[C@H](CC(=O)OC)N(O[Si](C)(C)C(C)(C)C)O[Si](C)(C)C(C)(C)C. The summed E-state index contributed by atoms with van der Waals surface area (Å²) in [5.74, 6) is -0.259. The van der Waals surface area contributed by atoms with Crippen molar-refractivity contribution in [2.24, 2.45) is 0 Å². The summed E-state index contributed by atoms with van der Waals surface area (Å²) in [6, 6.07) is -0.217. The van der Waals surface area contributed by atoms with Crippen LogP contribution in [0.5, 0.6) is 0 Å². The van der Waals surface area contributed by atoms with E-state index >= 15 is 0 Å². The van der Waals surface area contributed by atoms with Crippen molar-refractivity contribution in [2.45, 2.75) is 103 Å². The van der Waals surface area contributed by atoms with Crippen molar-refractivity contribution in [3.63, 3.8) is 0 Å². The second-order valence-corrected chi connectivity index (χ2v) is 20.0. The molecule has 0 fully saturated rings. The molecule has 8 heteroatoms. The monoisotopic (exact) mass is 435 g/mol. The highest BCUT2D eigenvalue weighted by Gasteiger charge is 2.46. The Morgan fingerprint density at radius 3 is 1.64 bits per heavy atom. The van der Waals surface area contributed by atoms with Crippen molar-refractivity contribution in [3.05, 3.63) is 0 Å². The Balaban J connectivity index is 5.86. The van der Waals surface area contributed by atoms with E-state index in [-0.39, 0.29) is 28.5 Å². The molecular formula is C20H45NO5Si2. The third kappa shape index (κ3) is 8.63. The summed E-state index contributed by atoms with van der Waals surface area (Å²) in [5, 5.41) is 1.72.